The molecule has 0 spiro atoms. The molecule has 0 saturated carbocycles. The number of anilines is 2. The van der Waals surface area contributed by atoms with E-state index in [1.165, 1.54) is 13.0 Å². The number of carbonyl (C=O) groups excluding carboxylic acids is 1. The normalized spacial score (nSPS) is 11.1. The second-order valence-corrected chi connectivity index (χ2v) is 7.31. The van der Waals surface area contributed by atoms with Gasteiger partial charge in [0.05, 0.1) is 10.7 Å². The molecule has 0 unspecified atom stereocenters. The Bertz CT molecular complexity index is 864. The molecular weight excluding hydrogens is 336 g/mol. The molecular formula is C16H17ClN2O3S. The molecule has 2 aromatic carbocycles. The van der Waals surface area contributed by atoms with Gasteiger partial charge in [-0.1, -0.05) is 23.7 Å². The van der Waals surface area contributed by atoms with E-state index in [1.54, 1.807) is 37.3 Å². The summed E-state index contributed by atoms with van der Waals surface area (Å²) in [6.07, 6.45) is 0. The van der Waals surface area contributed by atoms with Crippen LogP contribution in [0, 0.1) is 13.8 Å². The Balaban J connectivity index is 2.38. The summed E-state index contributed by atoms with van der Waals surface area (Å²) in [5.41, 5.74) is 2.49. The average Bonchev–Trinajstić information content (AvgIpc) is 2.41. The first kappa shape index (κ1) is 17.3. The summed E-state index contributed by atoms with van der Waals surface area (Å²) < 4.78 is 27.6. The summed E-state index contributed by atoms with van der Waals surface area (Å²) in [6, 6.07) is 9.73. The third-order valence-electron chi connectivity index (χ3n) is 3.18. The molecule has 0 bridgehead atoms. The van der Waals surface area contributed by atoms with E-state index in [9.17, 15) is 13.2 Å². The van der Waals surface area contributed by atoms with Gasteiger partial charge in [0.1, 0.15) is 4.90 Å². The molecule has 0 fully saturated rings. The van der Waals surface area contributed by atoms with Crippen LogP contribution in [0.15, 0.2) is 41.3 Å². The van der Waals surface area contributed by atoms with Crippen LogP contribution in [0.25, 0.3) is 0 Å². The Morgan fingerprint density at radius 1 is 1.09 bits per heavy atom. The van der Waals surface area contributed by atoms with Gasteiger partial charge >= 0.3 is 0 Å². The molecule has 0 aliphatic carbocycles. The fraction of sp³-hybridized carbons (Fsp3) is 0.188. The molecule has 1 amide bonds. The predicted molar refractivity (Wildman–Crippen MR) is 92.5 cm³/mol. The molecule has 0 aromatic heterocycles. The highest BCUT2D eigenvalue weighted by Crippen LogP contribution is 2.27. The summed E-state index contributed by atoms with van der Waals surface area (Å²) in [7, 11) is -3.82. The van der Waals surface area contributed by atoms with Crippen LogP contribution in [0.1, 0.15) is 18.1 Å². The maximum atomic E-state index is 12.5. The van der Waals surface area contributed by atoms with Crippen LogP contribution in [0.5, 0.6) is 0 Å². The number of nitrogens with one attached hydrogen (secondary N) is 2. The Labute approximate surface area is 140 Å². The standard InChI is InChI=1S/C16H17ClN2O3S/c1-10-4-7-16(14(17)8-10)23(21,22)19-15-9-13(18-12(3)20)6-5-11(15)2/h4-9,19H,1-3H3,(H,18,20). The van der Waals surface area contributed by atoms with Gasteiger partial charge in [0.15, 0.2) is 0 Å². The molecule has 5 nitrogen and oxygen atoms in total. The minimum absolute atomic E-state index is 0.00842. The number of hydrogen-bond acceptors (Lipinski definition) is 3. The molecule has 7 heteroatoms. The third kappa shape index (κ3) is 4.24. The fourth-order valence-electron chi connectivity index (χ4n) is 2.04. The molecule has 0 saturated heterocycles. The lowest BCUT2D eigenvalue weighted by Crippen LogP contribution is -2.15. The van der Waals surface area contributed by atoms with Crippen molar-refractivity contribution in [3.8, 4) is 0 Å². The molecule has 0 heterocycles. The van der Waals surface area contributed by atoms with Crippen LogP contribution in [0.3, 0.4) is 0 Å². The summed E-state index contributed by atoms with van der Waals surface area (Å²) in [5.74, 6) is -0.232. The predicted octanol–water partition coefficient (Wildman–Crippen LogP) is 3.72. The van der Waals surface area contributed by atoms with E-state index in [0.29, 0.717) is 11.4 Å². The van der Waals surface area contributed by atoms with E-state index >= 15 is 0 Å². The van der Waals surface area contributed by atoms with Gasteiger partial charge in [0, 0.05) is 12.6 Å². The summed E-state index contributed by atoms with van der Waals surface area (Å²) in [6.45, 7) is 4.98. The number of aryl methyl sites for hydroxylation is 2. The number of sulfonamides is 1. The first-order valence-electron chi connectivity index (χ1n) is 6.86. The number of carbonyl (C=O) groups is 1. The minimum Gasteiger partial charge on any atom is -0.326 e. The van der Waals surface area contributed by atoms with Gasteiger partial charge in [0.25, 0.3) is 10.0 Å². The smallest absolute Gasteiger partial charge is 0.263 e. The van der Waals surface area contributed by atoms with Crippen molar-refractivity contribution in [2.24, 2.45) is 0 Å². The molecule has 0 radical (unpaired) electrons. The maximum absolute atomic E-state index is 12.5. The van der Waals surface area contributed by atoms with Crippen LogP contribution in [0.2, 0.25) is 5.02 Å². The zero-order valence-corrected chi connectivity index (χ0v) is 14.5. The lowest BCUT2D eigenvalue weighted by molar-refractivity contribution is -0.114. The van der Waals surface area contributed by atoms with E-state index in [2.05, 4.69) is 10.0 Å². The van der Waals surface area contributed by atoms with Gasteiger partial charge in [-0.25, -0.2) is 8.42 Å². The summed E-state index contributed by atoms with van der Waals surface area (Å²) in [5, 5.41) is 2.78. The summed E-state index contributed by atoms with van der Waals surface area (Å²) >= 11 is 6.04. The second kappa shape index (κ2) is 6.60. The van der Waals surface area contributed by atoms with E-state index in [4.69, 9.17) is 11.6 Å². The fourth-order valence-corrected chi connectivity index (χ4v) is 3.76. The Hall–Kier alpha value is -2.05. The van der Waals surface area contributed by atoms with Crippen molar-refractivity contribution in [2.75, 3.05) is 10.0 Å². The Morgan fingerprint density at radius 3 is 2.39 bits per heavy atom. The molecule has 2 rings (SSSR count). The van der Waals surface area contributed by atoms with Gasteiger partial charge in [-0.2, -0.15) is 0 Å². The van der Waals surface area contributed by atoms with E-state index in [-0.39, 0.29) is 15.8 Å². The number of benzene rings is 2. The highest BCUT2D eigenvalue weighted by molar-refractivity contribution is 7.92. The zero-order valence-electron chi connectivity index (χ0n) is 13.0. The minimum atomic E-state index is -3.82. The topological polar surface area (TPSA) is 75.3 Å². The van der Waals surface area contributed by atoms with Crippen molar-refractivity contribution in [1.82, 2.24) is 0 Å². The number of hydrogen-bond donors (Lipinski definition) is 2. The lowest BCUT2D eigenvalue weighted by Gasteiger charge is -2.13. The van der Waals surface area contributed by atoms with Crippen LogP contribution in [-0.4, -0.2) is 14.3 Å². The quantitative estimate of drug-likeness (QED) is 0.880. The molecule has 122 valence electrons. The zero-order chi connectivity index (χ0) is 17.2. The van der Waals surface area contributed by atoms with Gasteiger partial charge in [0.2, 0.25) is 5.91 Å². The van der Waals surface area contributed by atoms with Crippen molar-refractivity contribution in [1.29, 1.82) is 0 Å². The van der Waals surface area contributed by atoms with Crippen molar-refractivity contribution in [2.45, 2.75) is 25.7 Å². The molecule has 0 aliphatic rings. The first-order valence-corrected chi connectivity index (χ1v) is 8.72. The number of rotatable bonds is 4. The van der Waals surface area contributed by atoms with Crippen molar-refractivity contribution >= 4 is 38.9 Å². The van der Waals surface area contributed by atoms with Crippen LogP contribution < -0.4 is 10.0 Å². The molecule has 0 atom stereocenters. The highest BCUT2D eigenvalue weighted by atomic mass is 35.5. The van der Waals surface area contributed by atoms with Crippen molar-refractivity contribution in [3.05, 3.63) is 52.5 Å². The number of halogens is 1. The summed E-state index contributed by atoms with van der Waals surface area (Å²) in [4.78, 5) is 11.1. The van der Waals surface area contributed by atoms with Crippen LogP contribution in [0.4, 0.5) is 11.4 Å². The lowest BCUT2D eigenvalue weighted by atomic mass is 10.2. The highest BCUT2D eigenvalue weighted by Gasteiger charge is 2.19. The molecule has 23 heavy (non-hydrogen) atoms. The van der Waals surface area contributed by atoms with Crippen LogP contribution >= 0.6 is 11.6 Å². The van der Waals surface area contributed by atoms with E-state index in [0.717, 1.165) is 11.1 Å². The second-order valence-electron chi connectivity index (χ2n) is 5.25. The molecule has 2 aromatic rings. The van der Waals surface area contributed by atoms with Gasteiger partial charge < -0.3 is 5.32 Å². The Morgan fingerprint density at radius 2 is 1.78 bits per heavy atom. The molecule has 2 N–H and O–H groups in total. The van der Waals surface area contributed by atoms with Gasteiger partial charge in [-0.3, -0.25) is 9.52 Å². The number of amides is 1. The van der Waals surface area contributed by atoms with Crippen LogP contribution in [-0.2, 0) is 14.8 Å². The van der Waals surface area contributed by atoms with Gasteiger partial charge in [-0.15, -0.1) is 0 Å². The maximum Gasteiger partial charge on any atom is 0.263 e. The van der Waals surface area contributed by atoms with E-state index in [1.807, 2.05) is 6.92 Å². The third-order valence-corrected chi connectivity index (χ3v) is 5.03. The monoisotopic (exact) mass is 352 g/mol. The largest absolute Gasteiger partial charge is 0.326 e. The Kier molecular flexibility index (Phi) is 4.97. The van der Waals surface area contributed by atoms with E-state index < -0.39 is 10.0 Å². The van der Waals surface area contributed by atoms with Crippen molar-refractivity contribution < 1.29 is 13.2 Å². The first-order chi connectivity index (χ1) is 10.7. The van der Waals surface area contributed by atoms with Crippen molar-refractivity contribution in [3.63, 3.8) is 0 Å². The SMILES string of the molecule is CC(=O)Nc1ccc(C)c(NS(=O)(=O)c2ccc(C)cc2Cl)c1. The molecule has 0 aliphatic heterocycles. The van der Waals surface area contributed by atoms with Gasteiger partial charge in [-0.05, 0) is 49.2 Å². The average molecular weight is 353 g/mol.